The van der Waals surface area contributed by atoms with Gasteiger partial charge in [0, 0.05) is 24.7 Å². The molecule has 3 rings (SSSR count). The summed E-state index contributed by atoms with van der Waals surface area (Å²) in [4.78, 5) is 14.6. The third kappa shape index (κ3) is 4.83. The van der Waals surface area contributed by atoms with E-state index in [9.17, 15) is 20.1 Å². The van der Waals surface area contributed by atoms with Crippen LogP contribution in [0.25, 0.3) is 0 Å². The van der Waals surface area contributed by atoms with Crippen molar-refractivity contribution < 1.29 is 24.9 Å². The lowest BCUT2D eigenvalue weighted by molar-refractivity contribution is -0.157. The Morgan fingerprint density at radius 1 is 1.07 bits per heavy atom. The van der Waals surface area contributed by atoms with Crippen LogP contribution in [0.15, 0.2) is 60.0 Å². The van der Waals surface area contributed by atoms with Crippen LogP contribution in [0.2, 0.25) is 0 Å². The zero-order chi connectivity index (χ0) is 21.0. The first-order chi connectivity index (χ1) is 13.8. The number of carbonyl (C=O) groups is 1. The molecule has 1 heterocycles. The molecule has 6 heteroatoms. The molecule has 0 spiro atoms. The Kier molecular flexibility index (Phi) is 6.01. The van der Waals surface area contributed by atoms with Crippen molar-refractivity contribution in [2.45, 2.75) is 45.1 Å². The normalized spacial score (nSPS) is 19.2. The molecule has 0 saturated heterocycles. The average Bonchev–Trinajstić information content (AvgIpc) is 2.66. The third-order valence-corrected chi connectivity index (χ3v) is 5.08. The van der Waals surface area contributed by atoms with E-state index in [2.05, 4.69) is 0 Å². The summed E-state index contributed by atoms with van der Waals surface area (Å²) in [5.74, 6) is -0.283. The van der Waals surface area contributed by atoms with E-state index in [0.29, 0.717) is 25.1 Å². The van der Waals surface area contributed by atoms with Gasteiger partial charge in [0.05, 0.1) is 0 Å². The molecule has 1 atom stereocenters. The molecule has 1 aliphatic heterocycles. The lowest BCUT2D eigenvalue weighted by atomic mass is 9.90. The maximum Gasteiger partial charge on any atom is 0.359 e. The van der Waals surface area contributed by atoms with Gasteiger partial charge in [-0.05, 0) is 56.0 Å². The molecule has 0 aromatic heterocycles. The highest BCUT2D eigenvalue weighted by atomic mass is 16.6. The predicted octanol–water partition coefficient (Wildman–Crippen LogP) is 4.42. The van der Waals surface area contributed by atoms with Crippen LogP contribution < -0.4 is 4.90 Å². The van der Waals surface area contributed by atoms with Crippen molar-refractivity contribution in [3.05, 3.63) is 65.6 Å². The van der Waals surface area contributed by atoms with Crippen molar-refractivity contribution in [3.63, 3.8) is 0 Å². The number of ether oxygens (including phenoxy) is 1. The first-order valence-electron chi connectivity index (χ1n) is 9.81. The van der Waals surface area contributed by atoms with Gasteiger partial charge in [0.25, 0.3) is 0 Å². The number of aliphatic hydroxyl groups is 1. The zero-order valence-corrected chi connectivity index (χ0v) is 16.8. The molecule has 1 unspecified atom stereocenters. The number of aliphatic hydroxyl groups excluding tert-OH is 1. The smallest absolute Gasteiger partial charge is 0.359 e. The lowest BCUT2D eigenvalue weighted by Gasteiger charge is -2.37. The molecule has 0 saturated carbocycles. The molecule has 6 nitrogen and oxygen atoms in total. The van der Waals surface area contributed by atoms with Crippen LogP contribution in [0.5, 0.6) is 11.5 Å². The molecule has 29 heavy (non-hydrogen) atoms. The summed E-state index contributed by atoms with van der Waals surface area (Å²) in [6, 6.07) is 13.5. The minimum absolute atomic E-state index is 0.00810. The minimum Gasteiger partial charge on any atom is -0.510 e. The Labute approximate surface area is 170 Å². The molecule has 2 aromatic carbocycles. The number of benzene rings is 2. The first-order valence-corrected chi connectivity index (χ1v) is 9.81. The van der Waals surface area contributed by atoms with E-state index in [1.54, 1.807) is 41.3 Å². The summed E-state index contributed by atoms with van der Waals surface area (Å²) in [6.45, 7) is 4.29. The number of hydrogen-bond acceptors (Lipinski definition) is 6. The Hall–Kier alpha value is -3.15. The Morgan fingerprint density at radius 3 is 2.41 bits per heavy atom. The van der Waals surface area contributed by atoms with E-state index in [4.69, 9.17) is 4.74 Å². The van der Waals surface area contributed by atoms with E-state index in [0.717, 1.165) is 12.0 Å². The fourth-order valence-electron chi connectivity index (χ4n) is 3.60. The third-order valence-electron chi connectivity index (χ3n) is 5.08. The maximum atomic E-state index is 12.9. The fourth-order valence-corrected chi connectivity index (χ4v) is 3.60. The Morgan fingerprint density at radius 2 is 1.79 bits per heavy atom. The van der Waals surface area contributed by atoms with Crippen LogP contribution in [0.1, 0.15) is 38.7 Å². The van der Waals surface area contributed by atoms with E-state index < -0.39 is 11.6 Å². The molecule has 0 aliphatic carbocycles. The van der Waals surface area contributed by atoms with Gasteiger partial charge in [-0.1, -0.05) is 25.1 Å². The summed E-state index contributed by atoms with van der Waals surface area (Å²) < 4.78 is 5.77. The minimum atomic E-state index is -0.820. The van der Waals surface area contributed by atoms with E-state index in [1.165, 1.54) is 0 Å². The van der Waals surface area contributed by atoms with Crippen molar-refractivity contribution in [2.24, 2.45) is 0 Å². The lowest BCUT2D eigenvalue weighted by Crippen LogP contribution is -2.43. The first kappa shape index (κ1) is 20.6. The maximum absolute atomic E-state index is 12.9. The summed E-state index contributed by atoms with van der Waals surface area (Å²) in [6.07, 6.45) is 2.15. The van der Waals surface area contributed by atoms with Gasteiger partial charge in [0.1, 0.15) is 22.9 Å². The number of esters is 1. The Balaban J connectivity index is 1.81. The quantitative estimate of drug-likeness (QED) is 0.599. The van der Waals surface area contributed by atoms with Gasteiger partial charge >= 0.3 is 5.97 Å². The highest BCUT2D eigenvalue weighted by Crippen LogP contribution is 2.36. The van der Waals surface area contributed by atoms with Gasteiger partial charge in [-0.15, -0.1) is 0 Å². The standard InChI is InChI=1S/C23H27NO5/c1-3-13-24(17-5-4-6-19(26)14-17)21-20(27)15-23(2,29-22(21)28)12-11-16-7-9-18(25)10-8-16/h4-10,14,25-27H,3,11-13,15H2,1-2H3. The van der Waals surface area contributed by atoms with Crippen molar-refractivity contribution in [2.75, 3.05) is 11.4 Å². The second-order valence-electron chi connectivity index (χ2n) is 7.65. The van der Waals surface area contributed by atoms with Crippen LogP contribution in [0, 0.1) is 0 Å². The second-order valence-corrected chi connectivity index (χ2v) is 7.65. The number of carbonyl (C=O) groups excluding carboxylic acids is 1. The van der Waals surface area contributed by atoms with Crippen LogP contribution in [0.4, 0.5) is 5.69 Å². The summed E-state index contributed by atoms with van der Waals surface area (Å²) >= 11 is 0. The monoisotopic (exact) mass is 397 g/mol. The largest absolute Gasteiger partial charge is 0.510 e. The molecule has 0 fully saturated rings. The Bertz CT molecular complexity index is 906. The van der Waals surface area contributed by atoms with Crippen LogP contribution in [-0.2, 0) is 16.0 Å². The number of phenols is 2. The summed E-state index contributed by atoms with van der Waals surface area (Å²) in [7, 11) is 0. The second kappa shape index (κ2) is 8.47. The molecule has 0 amide bonds. The summed E-state index contributed by atoms with van der Waals surface area (Å²) in [5, 5.41) is 30.0. The number of nitrogens with zero attached hydrogens (tertiary/aromatic N) is 1. The number of cyclic esters (lactones) is 1. The zero-order valence-electron chi connectivity index (χ0n) is 16.8. The highest BCUT2D eigenvalue weighted by molar-refractivity contribution is 5.94. The SMILES string of the molecule is CCCN(C1=C(O)CC(C)(CCc2ccc(O)cc2)OC1=O)c1cccc(O)c1. The number of anilines is 1. The number of aromatic hydroxyl groups is 2. The van der Waals surface area contributed by atoms with Crippen LogP contribution >= 0.6 is 0 Å². The molecular weight excluding hydrogens is 370 g/mol. The average molecular weight is 397 g/mol. The van der Waals surface area contributed by atoms with Gasteiger partial charge < -0.3 is 25.0 Å². The predicted molar refractivity (Wildman–Crippen MR) is 111 cm³/mol. The molecule has 2 aromatic rings. The molecule has 3 N–H and O–H groups in total. The molecule has 1 aliphatic rings. The van der Waals surface area contributed by atoms with Crippen LogP contribution in [-0.4, -0.2) is 33.4 Å². The van der Waals surface area contributed by atoms with E-state index in [1.807, 2.05) is 26.0 Å². The van der Waals surface area contributed by atoms with Gasteiger partial charge in [-0.2, -0.15) is 0 Å². The molecule has 154 valence electrons. The molecule has 0 bridgehead atoms. The highest BCUT2D eigenvalue weighted by Gasteiger charge is 2.40. The number of rotatable bonds is 7. The van der Waals surface area contributed by atoms with E-state index in [-0.39, 0.29) is 29.4 Å². The van der Waals surface area contributed by atoms with Crippen molar-refractivity contribution in [1.82, 2.24) is 0 Å². The van der Waals surface area contributed by atoms with Crippen molar-refractivity contribution in [1.29, 1.82) is 0 Å². The number of aryl methyl sites for hydroxylation is 1. The van der Waals surface area contributed by atoms with Gasteiger partial charge in [-0.25, -0.2) is 4.79 Å². The van der Waals surface area contributed by atoms with Crippen molar-refractivity contribution in [3.8, 4) is 11.5 Å². The van der Waals surface area contributed by atoms with Crippen molar-refractivity contribution >= 4 is 11.7 Å². The van der Waals surface area contributed by atoms with Gasteiger partial charge in [0.15, 0.2) is 5.70 Å². The molecule has 0 radical (unpaired) electrons. The van der Waals surface area contributed by atoms with Gasteiger partial charge in [0.2, 0.25) is 0 Å². The van der Waals surface area contributed by atoms with Gasteiger partial charge in [-0.3, -0.25) is 0 Å². The topological polar surface area (TPSA) is 90.2 Å². The van der Waals surface area contributed by atoms with E-state index >= 15 is 0 Å². The van der Waals surface area contributed by atoms with Crippen LogP contribution in [0.3, 0.4) is 0 Å². The molecular formula is C23H27NO5. The number of phenolic OH excluding ortho intramolecular Hbond substituents is 2. The fraction of sp³-hybridized carbons (Fsp3) is 0.348. The summed E-state index contributed by atoms with van der Waals surface area (Å²) in [5.41, 5.74) is 0.943. The number of hydrogen-bond donors (Lipinski definition) is 3.